The number of amides is 2. The number of anilines is 2. The predicted octanol–water partition coefficient (Wildman–Crippen LogP) is 4.85. The van der Waals surface area contributed by atoms with Crippen LogP contribution < -0.4 is 20.7 Å². The molecule has 2 aromatic rings. The number of ether oxygens (including phenoxy) is 1. The summed E-state index contributed by atoms with van der Waals surface area (Å²) in [5.41, 5.74) is 1.47. The van der Waals surface area contributed by atoms with E-state index in [1.807, 2.05) is 0 Å². The molecule has 2 rings (SSSR count). The highest BCUT2D eigenvalue weighted by molar-refractivity contribution is 7.80. The summed E-state index contributed by atoms with van der Waals surface area (Å²) in [5.74, 6) is 0.511. The third kappa shape index (κ3) is 7.36. The molecule has 0 aromatic heterocycles. The standard InChI is InChI=1S/C21H24ClN3O3S/c1-4-19(26)23-15-8-9-17(22)18(11-15)24-21(29)25-20(27)14-6-5-7-16(10-14)28-12-13(2)3/h5-11,13H,4,12H2,1-3H3,(H,23,26)(H2,24,25,27,29). The second-order valence-corrected chi connectivity index (χ2v) is 7.55. The van der Waals surface area contributed by atoms with Crippen LogP contribution >= 0.6 is 23.8 Å². The fraction of sp³-hybridized carbons (Fsp3) is 0.286. The summed E-state index contributed by atoms with van der Waals surface area (Å²) in [6.45, 7) is 6.43. The first-order valence-corrected chi connectivity index (χ1v) is 10.0. The van der Waals surface area contributed by atoms with Gasteiger partial charge in [0.05, 0.1) is 17.3 Å². The zero-order valence-electron chi connectivity index (χ0n) is 16.5. The lowest BCUT2D eigenvalue weighted by Crippen LogP contribution is -2.34. The maximum absolute atomic E-state index is 12.5. The lowest BCUT2D eigenvalue weighted by Gasteiger charge is -2.13. The predicted molar refractivity (Wildman–Crippen MR) is 121 cm³/mol. The zero-order valence-corrected chi connectivity index (χ0v) is 18.1. The first kappa shape index (κ1) is 22.6. The van der Waals surface area contributed by atoms with Crippen LogP contribution in [0, 0.1) is 5.92 Å². The summed E-state index contributed by atoms with van der Waals surface area (Å²) < 4.78 is 5.65. The van der Waals surface area contributed by atoms with Crippen LogP contribution in [-0.2, 0) is 4.79 Å². The number of carbonyl (C=O) groups excluding carboxylic acids is 2. The molecule has 154 valence electrons. The molecule has 3 N–H and O–H groups in total. The molecule has 0 saturated heterocycles. The van der Waals surface area contributed by atoms with Crippen molar-refractivity contribution in [1.29, 1.82) is 0 Å². The number of hydrogen-bond donors (Lipinski definition) is 3. The number of hydrogen-bond acceptors (Lipinski definition) is 4. The summed E-state index contributed by atoms with van der Waals surface area (Å²) in [4.78, 5) is 24.0. The molecule has 0 bridgehead atoms. The van der Waals surface area contributed by atoms with E-state index in [-0.39, 0.29) is 16.9 Å². The third-order valence-corrected chi connectivity index (χ3v) is 4.26. The minimum atomic E-state index is -0.371. The topological polar surface area (TPSA) is 79.5 Å². The van der Waals surface area contributed by atoms with Gasteiger partial charge in [-0.3, -0.25) is 14.9 Å². The maximum Gasteiger partial charge on any atom is 0.257 e. The molecule has 0 unspecified atom stereocenters. The number of benzene rings is 2. The first-order valence-electron chi connectivity index (χ1n) is 9.23. The molecule has 0 aliphatic carbocycles. The highest BCUT2D eigenvalue weighted by Gasteiger charge is 2.11. The second kappa shape index (κ2) is 10.8. The summed E-state index contributed by atoms with van der Waals surface area (Å²) in [6.07, 6.45) is 0.361. The van der Waals surface area contributed by atoms with E-state index in [1.165, 1.54) is 0 Å². The van der Waals surface area contributed by atoms with Crippen molar-refractivity contribution in [2.75, 3.05) is 17.2 Å². The Kier molecular flexibility index (Phi) is 8.42. The Balaban J connectivity index is 2.02. The van der Waals surface area contributed by atoms with Crippen LogP contribution in [0.2, 0.25) is 5.02 Å². The van der Waals surface area contributed by atoms with Crippen molar-refractivity contribution in [3.63, 3.8) is 0 Å². The Bertz CT molecular complexity index is 902. The van der Waals surface area contributed by atoms with Gasteiger partial charge in [-0.1, -0.05) is 38.4 Å². The van der Waals surface area contributed by atoms with Gasteiger partial charge in [-0.15, -0.1) is 0 Å². The van der Waals surface area contributed by atoms with Crippen molar-refractivity contribution < 1.29 is 14.3 Å². The fourth-order valence-corrected chi connectivity index (χ4v) is 2.63. The van der Waals surface area contributed by atoms with Gasteiger partial charge in [-0.2, -0.15) is 0 Å². The molecule has 8 heteroatoms. The average molecular weight is 434 g/mol. The van der Waals surface area contributed by atoms with Gasteiger partial charge in [-0.05, 0) is 54.5 Å². The second-order valence-electron chi connectivity index (χ2n) is 6.74. The number of rotatable bonds is 7. The lowest BCUT2D eigenvalue weighted by molar-refractivity contribution is -0.115. The number of halogens is 1. The van der Waals surface area contributed by atoms with E-state index >= 15 is 0 Å². The van der Waals surface area contributed by atoms with E-state index in [1.54, 1.807) is 49.4 Å². The molecule has 0 fully saturated rings. The van der Waals surface area contributed by atoms with Crippen molar-refractivity contribution in [2.45, 2.75) is 27.2 Å². The molecular weight excluding hydrogens is 410 g/mol. The summed E-state index contributed by atoms with van der Waals surface area (Å²) in [7, 11) is 0. The summed E-state index contributed by atoms with van der Waals surface area (Å²) >= 11 is 11.4. The molecule has 0 saturated carbocycles. The monoisotopic (exact) mass is 433 g/mol. The van der Waals surface area contributed by atoms with Crippen LogP contribution in [0.1, 0.15) is 37.6 Å². The quantitative estimate of drug-likeness (QED) is 0.544. The van der Waals surface area contributed by atoms with Crippen LogP contribution in [0.3, 0.4) is 0 Å². The summed E-state index contributed by atoms with van der Waals surface area (Å²) in [6, 6.07) is 11.8. The molecule has 0 aliphatic rings. The van der Waals surface area contributed by atoms with E-state index in [0.29, 0.717) is 46.7 Å². The molecule has 6 nitrogen and oxygen atoms in total. The molecule has 2 amide bonds. The fourth-order valence-electron chi connectivity index (χ4n) is 2.27. The Hall–Kier alpha value is -2.64. The normalized spacial score (nSPS) is 10.4. The minimum Gasteiger partial charge on any atom is -0.493 e. The molecular formula is C21H24ClN3O3S. The van der Waals surface area contributed by atoms with E-state index in [0.717, 1.165) is 0 Å². The molecule has 0 aliphatic heterocycles. The number of nitrogens with one attached hydrogen (secondary N) is 3. The van der Waals surface area contributed by atoms with E-state index in [4.69, 9.17) is 28.6 Å². The SMILES string of the molecule is CCC(=O)Nc1ccc(Cl)c(NC(=S)NC(=O)c2cccc(OCC(C)C)c2)c1. The largest absolute Gasteiger partial charge is 0.493 e. The zero-order chi connectivity index (χ0) is 21.4. The maximum atomic E-state index is 12.5. The first-order chi connectivity index (χ1) is 13.8. The van der Waals surface area contributed by atoms with E-state index in [2.05, 4.69) is 29.8 Å². The Morgan fingerprint density at radius 2 is 1.90 bits per heavy atom. The molecule has 0 spiro atoms. The smallest absolute Gasteiger partial charge is 0.257 e. The Morgan fingerprint density at radius 3 is 2.59 bits per heavy atom. The number of carbonyl (C=O) groups is 2. The highest BCUT2D eigenvalue weighted by Crippen LogP contribution is 2.25. The Labute approximate surface area is 181 Å². The van der Waals surface area contributed by atoms with Gasteiger partial charge in [0.1, 0.15) is 5.75 Å². The van der Waals surface area contributed by atoms with Gasteiger partial charge in [0.25, 0.3) is 5.91 Å². The van der Waals surface area contributed by atoms with E-state index < -0.39 is 0 Å². The van der Waals surface area contributed by atoms with Crippen molar-refractivity contribution in [3.8, 4) is 5.75 Å². The van der Waals surface area contributed by atoms with Crippen molar-refractivity contribution in [1.82, 2.24) is 5.32 Å². The van der Waals surface area contributed by atoms with Crippen LogP contribution in [0.25, 0.3) is 0 Å². The third-order valence-electron chi connectivity index (χ3n) is 3.73. The van der Waals surface area contributed by atoms with Crippen molar-refractivity contribution in [2.24, 2.45) is 5.92 Å². The molecule has 0 radical (unpaired) electrons. The summed E-state index contributed by atoms with van der Waals surface area (Å²) in [5, 5.41) is 8.73. The Morgan fingerprint density at radius 1 is 1.14 bits per heavy atom. The number of thiocarbonyl (C=S) groups is 1. The van der Waals surface area contributed by atoms with E-state index in [9.17, 15) is 9.59 Å². The van der Waals surface area contributed by atoms with Crippen LogP contribution in [0.4, 0.5) is 11.4 Å². The van der Waals surface area contributed by atoms with Crippen LogP contribution in [-0.4, -0.2) is 23.5 Å². The average Bonchev–Trinajstić information content (AvgIpc) is 2.69. The minimum absolute atomic E-state index is 0.0874. The molecule has 0 heterocycles. The van der Waals surface area contributed by atoms with Crippen molar-refractivity contribution in [3.05, 3.63) is 53.1 Å². The lowest BCUT2D eigenvalue weighted by atomic mass is 10.2. The highest BCUT2D eigenvalue weighted by atomic mass is 35.5. The van der Waals surface area contributed by atoms with Gasteiger partial charge < -0.3 is 15.4 Å². The van der Waals surface area contributed by atoms with Gasteiger partial charge in [0, 0.05) is 17.7 Å². The van der Waals surface area contributed by atoms with Crippen LogP contribution in [0.5, 0.6) is 5.75 Å². The molecule has 0 atom stereocenters. The van der Waals surface area contributed by atoms with Crippen LogP contribution in [0.15, 0.2) is 42.5 Å². The van der Waals surface area contributed by atoms with Crippen molar-refractivity contribution >= 4 is 52.1 Å². The molecule has 29 heavy (non-hydrogen) atoms. The van der Waals surface area contributed by atoms with Gasteiger partial charge in [0.15, 0.2) is 5.11 Å². The van der Waals surface area contributed by atoms with Gasteiger partial charge in [0.2, 0.25) is 5.91 Å². The van der Waals surface area contributed by atoms with Gasteiger partial charge >= 0.3 is 0 Å². The van der Waals surface area contributed by atoms with Gasteiger partial charge in [-0.25, -0.2) is 0 Å². The molecule has 2 aromatic carbocycles.